The molecule has 32 heavy (non-hydrogen) atoms. The molecule has 1 nitrogen and oxygen atoms in total. The van der Waals surface area contributed by atoms with Gasteiger partial charge in [0.2, 0.25) is 11.7 Å². The van der Waals surface area contributed by atoms with Gasteiger partial charge in [-0.15, -0.1) is 0 Å². The summed E-state index contributed by atoms with van der Waals surface area (Å²) in [5.74, 6) is -49.2. The predicted octanol–water partition coefficient (Wildman–Crippen LogP) is 7.05. The van der Waals surface area contributed by atoms with Crippen LogP contribution in [0, 0.1) is 0 Å². The molecule has 0 rings (SSSR count). The van der Waals surface area contributed by atoms with E-state index in [-0.39, 0.29) is 0 Å². The van der Waals surface area contributed by atoms with Crippen molar-refractivity contribution in [2.75, 3.05) is 6.61 Å². The molecular weight excluding hydrogens is 528 g/mol. The Kier molecular flexibility index (Phi) is 7.54. The predicted molar refractivity (Wildman–Crippen MR) is 57.0 cm³/mol. The molecule has 0 saturated carbocycles. The second-order valence-electron chi connectivity index (χ2n) is 5.43. The summed E-state index contributed by atoms with van der Waals surface area (Å²) in [5, 5.41) is 0. The van der Waals surface area contributed by atoms with Gasteiger partial charge in [0.25, 0.3) is 0 Å². The van der Waals surface area contributed by atoms with E-state index in [1.807, 2.05) is 0 Å². The molecule has 0 unspecified atom stereocenters. The molecule has 21 heteroatoms. The van der Waals surface area contributed by atoms with Gasteiger partial charge in [-0.05, 0) is 0 Å². The summed E-state index contributed by atoms with van der Waals surface area (Å²) >= 11 is 0. The van der Waals surface area contributed by atoms with Crippen LogP contribution in [0.5, 0.6) is 0 Å². The fourth-order valence-corrected chi connectivity index (χ4v) is 1.39. The lowest BCUT2D eigenvalue weighted by Crippen LogP contribution is -2.70. The number of ether oxygens (including phenoxy) is 1. The van der Waals surface area contributed by atoms with Crippen LogP contribution < -0.4 is 0 Å². The highest BCUT2D eigenvalue weighted by Gasteiger charge is 2.90. The van der Waals surface area contributed by atoms with Crippen LogP contribution in [0.15, 0.2) is 11.7 Å². The molecule has 0 heterocycles. The van der Waals surface area contributed by atoms with E-state index in [0.29, 0.717) is 0 Å². The topological polar surface area (TPSA) is 9.23 Å². The summed E-state index contributed by atoms with van der Waals surface area (Å²) in [6.45, 7) is -4.21. The summed E-state index contributed by atoms with van der Waals surface area (Å²) in [4.78, 5) is 0. The zero-order valence-corrected chi connectivity index (χ0v) is 13.7. The molecule has 0 aromatic heterocycles. The number of halogens is 20. The lowest BCUT2D eigenvalue weighted by atomic mass is 9.94. The Hall–Kier alpha value is -1.70. The number of alkyl halides is 18. The fraction of sp³-hybridized carbons (Fsp3) is 0.818. The van der Waals surface area contributed by atoms with E-state index < -0.39 is 66.3 Å². The lowest BCUT2D eigenvalue weighted by Gasteiger charge is -2.39. The van der Waals surface area contributed by atoms with Crippen molar-refractivity contribution in [3.63, 3.8) is 0 Å². The molecule has 0 bridgehead atoms. The number of rotatable bonds is 8. The van der Waals surface area contributed by atoms with Crippen LogP contribution in [-0.4, -0.2) is 54.7 Å². The van der Waals surface area contributed by atoms with E-state index >= 15 is 0 Å². The third-order valence-corrected chi connectivity index (χ3v) is 3.13. The molecule has 192 valence electrons. The molecule has 0 amide bonds. The van der Waals surface area contributed by atoms with Crippen LogP contribution in [0.25, 0.3) is 0 Å². The standard InChI is InChI=1S/C11H2F20O/c12-2(5(16,17)18)3(13)6(19,20)32-1-4(14,15)7(21,22)8(23,24)9(25,26)10(27,28)11(29,30)31/h1H2. The zero-order valence-electron chi connectivity index (χ0n) is 13.7. The highest BCUT2D eigenvalue weighted by molar-refractivity contribution is 5.12. The van der Waals surface area contributed by atoms with Crippen molar-refractivity contribution in [2.24, 2.45) is 0 Å². The number of hydrogen-bond donors (Lipinski definition) is 0. The van der Waals surface area contributed by atoms with Gasteiger partial charge in [0, 0.05) is 0 Å². The molecule has 0 spiro atoms. The Balaban J connectivity index is 6.18. The largest absolute Gasteiger partial charge is 0.460 e. The van der Waals surface area contributed by atoms with Gasteiger partial charge in [0.05, 0.1) is 0 Å². The van der Waals surface area contributed by atoms with Crippen LogP contribution in [0.1, 0.15) is 0 Å². The molecule has 0 aliphatic carbocycles. The average Bonchev–Trinajstić information content (AvgIpc) is 2.56. The van der Waals surface area contributed by atoms with Gasteiger partial charge < -0.3 is 4.74 Å². The maximum atomic E-state index is 13.2. The van der Waals surface area contributed by atoms with Crippen molar-refractivity contribution in [3.8, 4) is 0 Å². The highest BCUT2D eigenvalue weighted by Crippen LogP contribution is 2.60. The molecule has 0 atom stereocenters. The molecule has 0 saturated heterocycles. The van der Waals surface area contributed by atoms with E-state index in [4.69, 9.17) is 0 Å². The van der Waals surface area contributed by atoms with Crippen LogP contribution in [-0.2, 0) is 4.74 Å². The second-order valence-corrected chi connectivity index (χ2v) is 5.43. The minimum Gasteiger partial charge on any atom is -0.308 e. The van der Waals surface area contributed by atoms with E-state index in [0.717, 1.165) is 0 Å². The summed E-state index contributed by atoms with van der Waals surface area (Å²) in [6, 6.07) is 0. The fourth-order valence-electron chi connectivity index (χ4n) is 1.39. The minimum atomic E-state index is -8.41. The first-order chi connectivity index (χ1) is 13.5. The van der Waals surface area contributed by atoms with Gasteiger partial charge in [-0.2, -0.15) is 87.8 Å². The normalized spacial score (nSPS) is 16.9. The van der Waals surface area contributed by atoms with E-state index in [2.05, 4.69) is 4.74 Å². The van der Waals surface area contributed by atoms with Crippen molar-refractivity contribution >= 4 is 0 Å². The maximum Gasteiger partial charge on any atom is 0.460 e. The molecule has 0 aliphatic heterocycles. The van der Waals surface area contributed by atoms with Gasteiger partial charge in [-0.25, -0.2) is 0 Å². The SMILES string of the molecule is FC(=C(F)C(F)(F)OCC(F)(F)C(F)(F)C(F)(F)C(F)(F)C(F)(F)C(F)(F)F)C(F)(F)F. The van der Waals surface area contributed by atoms with Gasteiger partial charge in [-0.3, -0.25) is 0 Å². The molecule has 0 N–H and O–H groups in total. The summed E-state index contributed by atoms with van der Waals surface area (Å²) in [5.41, 5.74) is 0. The molecule has 0 aromatic rings. The number of hydrogen-bond acceptors (Lipinski definition) is 1. The Morgan fingerprint density at radius 3 is 1.12 bits per heavy atom. The summed E-state index contributed by atoms with van der Waals surface area (Å²) in [6.07, 6.45) is -21.0. The maximum absolute atomic E-state index is 13.2. The van der Waals surface area contributed by atoms with Crippen molar-refractivity contribution in [3.05, 3.63) is 11.7 Å². The van der Waals surface area contributed by atoms with Crippen LogP contribution >= 0.6 is 0 Å². The highest BCUT2D eigenvalue weighted by atomic mass is 19.4. The Morgan fingerprint density at radius 2 is 0.812 bits per heavy atom. The summed E-state index contributed by atoms with van der Waals surface area (Å²) in [7, 11) is 0. The van der Waals surface area contributed by atoms with Crippen molar-refractivity contribution in [1.29, 1.82) is 0 Å². The van der Waals surface area contributed by atoms with Crippen LogP contribution in [0.4, 0.5) is 87.8 Å². The summed E-state index contributed by atoms with van der Waals surface area (Å²) < 4.78 is 253. The first-order valence-electron chi connectivity index (χ1n) is 6.63. The smallest absolute Gasteiger partial charge is 0.308 e. The van der Waals surface area contributed by atoms with E-state index in [1.54, 1.807) is 0 Å². The lowest BCUT2D eigenvalue weighted by molar-refractivity contribution is -0.443. The monoisotopic (exact) mass is 530 g/mol. The third kappa shape index (κ3) is 4.80. The van der Waals surface area contributed by atoms with E-state index in [1.165, 1.54) is 0 Å². The Labute approximate surface area is 160 Å². The first kappa shape index (κ1) is 30.3. The quantitative estimate of drug-likeness (QED) is 0.306. The van der Waals surface area contributed by atoms with E-state index in [9.17, 15) is 87.8 Å². The van der Waals surface area contributed by atoms with Crippen molar-refractivity contribution < 1.29 is 92.5 Å². The van der Waals surface area contributed by atoms with Crippen molar-refractivity contribution in [1.82, 2.24) is 0 Å². The first-order valence-corrected chi connectivity index (χ1v) is 6.63. The van der Waals surface area contributed by atoms with Gasteiger partial charge in [-0.1, -0.05) is 0 Å². The average molecular weight is 530 g/mol. The molecular formula is C11H2F20O. The van der Waals surface area contributed by atoms with Crippen LogP contribution in [0.3, 0.4) is 0 Å². The number of allylic oxidation sites excluding steroid dienone is 1. The Morgan fingerprint density at radius 1 is 0.469 bits per heavy atom. The molecule has 0 radical (unpaired) electrons. The van der Waals surface area contributed by atoms with Gasteiger partial charge in [0.1, 0.15) is 6.61 Å². The van der Waals surface area contributed by atoms with Gasteiger partial charge >= 0.3 is 48.1 Å². The second kappa shape index (κ2) is 7.96. The molecule has 0 aliphatic rings. The minimum absolute atomic E-state index is 2.10. The molecule has 0 aromatic carbocycles. The Bertz CT molecular complexity index is 708. The zero-order chi connectivity index (χ0) is 26.6. The molecule has 0 fully saturated rings. The van der Waals surface area contributed by atoms with Gasteiger partial charge in [0.15, 0.2) is 0 Å². The van der Waals surface area contributed by atoms with Crippen LogP contribution in [0.2, 0.25) is 0 Å². The third-order valence-electron chi connectivity index (χ3n) is 3.13. The van der Waals surface area contributed by atoms with Crippen molar-refractivity contribution in [2.45, 2.75) is 48.1 Å².